The summed E-state index contributed by atoms with van der Waals surface area (Å²) in [5, 5.41) is 6.12. The Kier molecular flexibility index (Phi) is 5.88. The van der Waals surface area contributed by atoms with E-state index >= 15 is 0 Å². The van der Waals surface area contributed by atoms with Gasteiger partial charge in [0.15, 0.2) is 6.17 Å². The summed E-state index contributed by atoms with van der Waals surface area (Å²) in [6.07, 6.45) is -0.383. The highest BCUT2D eigenvalue weighted by Gasteiger charge is 2.36. The van der Waals surface area contributed by atoms with Crippen molar-refractivity contribution in [2.24, 2.45) is 9.98 Å². The van der Waals surface area contributed by atoms with Gasteiger partial charge in [-0.25, -0.2) is 9.98 Å². The maximum absolute atomic E-state index is 5.28. The highest BCUT2D eigenvalue weighted by Crippen LogP contribution is 2.50. The van der Waals surface area contributed by atoms with E-state index in [0.29, 0.717) is 0 Å². The van der Waals surface area contributed by atoms with E-state index in [1.54, 1.807) is 0 Å². The molecule has 2 aliphatic rings. The number of para-hydroxylation sites is 1. The first-order valence-corrected chi connectivity index (χ1v) is 15.9. The van der Waals surface area contributed by atoms with Gasteiger partial charge in [0, 0.05) is 21.8 Å². The van der Waals surface area contributed by atoms with Crippen LogP contribution in [-0.4, -0.2) is 16.4 Å². The van der Waals surface area contributed by atoms with Gasteiger partial charge in [-0.2, -0.15) is 0 Å². The lowest BCUT2D eigenvalue weighted by Crippen LogP contribution is -2.39. The first kappa shape index (κ1) is 26.6. The Hall–Kier alpha value is -5.74. The van der Waals surface area contributed by atoms with Crippen molar-refractivity contribution >= 4 is 33.6 Å². The highest BCUT2D eigenvalue weighted by molar-refractivity contribution is 6.19. The van der Waals surface area contributed by atoms with E-state index in [9.17, 15) is 0 Å². The number of benzene rings is 6. The van der Waals surface area contributed by atoms with Gasteiger partial charge in [-0.15, -0.1) is 0 Å². The lowest BCUT2D eigenvalue weighted by Gasteiger charge is -2.24. The van der Waals surface area contributed by atoms with E-state index in [1.807, 2.05) is 12.1 Å². The van der Waals surface area contributed by atoms with Gasteiger partial charge in [0.1, 0.15) is 5.84 Å². The predicted molar refractivity (Wildman–Crippen MR) is 191 cm³/mol. The molecule has 0 spiro atoms. The Balaban J connectivity index is 1.23. The number of aliphatic imine (C=N–C) groups is 2. The third-order valence-corrected chi connectivity index (χ3v) is 9.68. The first-order chi connectivity index (χ1) is 22.6. The molecule has 0 amide bonds. The second kappa shape index (κ2) is 10.1. The van der Waals surface area contributed by atoms with Crippen LogP contribution in [-0.2, 0) is 5.41 Å². The van der Waals surface area contributed by atoms with Gasteiger partial charge < -0.3 is 5.32 Å². The van der Waals surface area contributed by atoms with Crippen LogP contribution in [0.25, 0.3) is 44.1 Å². The number of rotatable bonds is 3. The van der Waals surface area contributed by atoms with Crippen molar-refractivity contribution in [1.82, 2.24) is 9.88 Å². The van der Waals surface area contributed by atoms with Crippen LogP contribution >= 0.6 is 0 Å². The number of hydrogen-bond donors (Lipinski definition) is 1. The highest BCUT2D eigenvalue weighted by atomic mass is 15.3. The van der Waals surface area contributed by atoms with Crippen molar-refractivity contribution in [3.8, 4) is 22.3 Å². The molecule has 0 fully saturated rings. The molecule has 7 aromatic rings. The molecule has 4 nitrogen and oxygen atoms in total. The van der Waals surface area contributed by atoms with E-state index in [4.69, 9.17) is 9.98 Å². The minimum Gasteiger partial charge on any atom is -0.310 e. The van der Waals surface area contributed by atoms with Crippen molar-refractivity contribution in [3.63, 3.8) is 0 Å². The van der Waals surface area contributed by atoms with Gasteiger partial charge in [-0.3, -0.25) is 4.57 Å². The Labute approximate surface area is 268 Å². The molecular weight excluding hydrogens is 560 g/mol. The van der Waals surface area contributed by atoms with Crippen LogP contribution in [0.15, 0.2) is 156 Å². The average molecular weight is 593 g/mol. The van der Waals surface area contributed by atoms with Crippen molar-refractivity contribution in [2.45, 2.75) is 25.4 Å². The summed E-state index contributed by atoms with van der Waals surface area (Å²) in [6.45, 7) is 4.68. The molecular formula is C42H32N4. The summed E-state index contributed by atoms with van der Waals surface area (Å²) in [5.41, 5.74) is 12.0. The molecule has 1 aromatic heterocycles. The zero-order valence-electron chi connectivity index (χ0n) is 25.8. The summed E-state index contributed by atoms with van der Waals surface area (Å²) >= 11 is 0. The molecule has 0 radical (unpaired) electrons. The van der Waals surface area contributed by atoms with Gasteiger partial charge >= 0.3 is 0 Å². The van der Waals surface area contributed by atoms with Crippen LogP contribution in [0.2, 0.25) is 0 Å². The Morgan fingerprint density at radius 3 is 2.00 bits per heavy atom. The number of amidine groups is 1. The second-order valence-electron chi connectivity index (χ2n) is 12.7. The first-order valence-electron chi connectivity index (χ1n) is 15.9. The average Bonchev–Trinajstić information content (AvgIpc) is 3.56. The topological polar surface area (TPSA) is 41.7 Å². The molecule has 1 aliphatic heterocycles. The zero-order valence-corrected chi connectivity index (χ0v) is 25.8. The normalized spacial score (nSPS) is 16.4. The predicted octanol–water partition coefficient (Wildman–Crippen LogP) is 9.72. The number of nitrogens with one attached hydrogen (secondary N) is 1. The second-order valence-corrected chi connectivity index (χ2v) is 12.7. The Morgan fingerprint density at radius 2 is 1.20 bits per heavy atom. The number of nitrogens with zero attached hydrogens (tertiary/aromatic N) is 3. The van der Waals surface area contributed by atoms with E-state index in [0.717, 1.165) is 34.0 Å². The smallest absolute Gasteiger partial charge is 0.211 e. The fourth-order valence-corrected chi connectivity index (χ4v) is 7.31. The van der Waals surface area contributed by atoms with Crippen LogP contribution in [0, 0.1) is 0 Å². The lowest BCUT2D eigenvalue weighted by molar-refractivity contribution is 0.661. The Bertz CT molecular complexity index is 2340. The van der Waals surface area contributed by atoms with Crippen molar-refractivity contribution in [2.75, 3.05) is 0 Å². The molecule has 220 valence electrons. The van der Waals surface area contributed by atoms with E-state index in [2.05, 4.69) is 157 Å². The fourth-order valence-electron chi connectivity index (χ4n) is 7.31. The molecule has 0 saturated heterocycles. The SMILES string of the molecule is CC1(C)c2ccccc2-c2cc3c(cc21)c1ccccc1n3C1=NC(c2ccccc2)N=C(c2ccc(-c3ccccc3)cc2)N1. The quantitative estimate of drug-likeness (QED) is 0.218. The van der Waals surface area contributed by atoms with Crippen LogP contribution in [0.5, 0.6) is 0 Å². The van der Waals surface area contributed by atoms with Gasteiger partial charge in [-0.1, -0.05) is 141 Å². The van der Waals surface area contributed by atoms with Crippen LogP contribution in [0.1, 0.15) is 42.3 Å². The van der Waals surface area contributed by atoms with Crippen molar-refractivity contribution in [1.29, 1.82) is 0 Å². The molecule has 6 aromatic carbocycles. The van der Waals surface area contributed by atoms with Crippen LogP contribution in [0.3, 0.4) is 0 Å². The van der Waals surface area contributed by atoms with E-state index < -0.39 is 0 Å². The van der Waals surface area contributed by atoms with Crippen molar-refractivity contribution < 1.29 is 0 Å². The maximum Gasteiger partial charge on any atom is 0.211 e. The van der Waals surface area contributed by atoms with Gasteiger partial charge in [0.05, 0.1) is 11.0 Å². The molecule has 2 heterocycles. The summed E-state index contributed by atoms with van der Waals surface area (Å²) in [5.74, 6) is 1.57. The van der Waals surface area contributed by atoms with E-state index in [1.165, 1.54) is 44.2 Å². The third kappa shape index (κ3) is 4.07. The minimum absolute atomic E-state index is 0.0753. The van der Waals surface area contributed by atoms with Crippen LogP contribution < -0.4 is 5.32 Å². The largest absolute Gasteiger partial charge is 0.310 e. The molecule has 1 unspecified atom stereocenters. The summed E-state index contributed by atoms with van der Waals surface area (Å²) in [4.78, 5) is 10.4. The molecule has 1 N–H and O–H groups in total. The lowest BCUT2D eigenvalue weighted by atomic mass is 9.82. The minimum atomic E-state index is -0.383. The van der Waals surface area contributed by atoms with E-state index in [-0.39, 0.29) is 11.6 Å². The molecule has 46 heavy (non-hydrogen) atoms. The molecule has 1 atom stereocenters. The number of hydrogen-bond acceptors (Lipinski definition) is 3. The number of fused-ring (bicyclic) bond motifs is 6. The molecule has 4 heteroatoms. The van der Waals surface area contributed by atoms with Gasteiger partial charge in [0.2, 0.25) is 5.96 Å². The Morgan fingerprint density at radius 1 is 0.543 bits per heavy atom. The number of aromatic nitrogens is 1. The zero-order chi connectivity index (χ0) is 30.8. The van der Waals surface area contributed by atoms with Crippen LogP contribution in [0.4, 0.5) is 0 Å². The third-order valence-electron chi connectivity index (χ3n) is 9.68. The summed E-state index contributed by atoms with van der Waals surface area (Å²) in [6, 6.07) is 51.7. The maximum atomic E-state index is 5.28. The monoisotopic (exact) mass is 592 g/mol. The standard InChI is InChI=1S/C42H32N4/c1-42(2)35-19-11-9-17-31(35)33-26-38-34(25-36(33)42)32-18-10-12-20-37(32)46(38)41-44-39(29-15-7-4-8-16-29)43-40(45-41)30-23-21-28(22-24-30)27-13-5-3-6-14-27/h3-26,39H,1-2H3,(H,43,44,45). The summed E-state index contributed by atoms with van der Waals surface area (Å²) < 4.78 is 2.29. The summed E-state index contributed by atoms with van der Waals surface area (Å²) in [7, 11) is 0. The molecule has 9 rings (SSSR count). The fraction of sp³-hybridized carbons (Fsp3) is 0.0952. The molecule has 1 aliphatic carbocycles. The van der Waals surface area contributed by atoms with Crippen molar-refractivity contribution in [3.05, 3.63) is 168 Å². The molecule has 0 saturated carbocycles. The molecule has 0 bridgehead atoms. The van der Waals surface area contributed by atoms with Gasteiger partial charge in [-0.05, 0) is 57.1 Å². The van der Waals surface area contributed by atoms with Gasteiger partial charge in [0.25, 0.3) is 0 Å².